The molecule has 0 aromatic carbocycles. The normalized spacial score (nSPS) is 9.44. The molecule has 0 aliphatic heterocycles. The molecule has 0 unspecified atom stereocenters. The van der Waals surface area contributed by atoms with E-state index >= 15 is 0 Å². The SMILES string of the molecule is COC(=O)/C=C/C(=O)OC.O=C(O)/C=C\C(=O)O. The fourth-order valence-corrected chi connectivity index (χ4v) is 0.415. The molecule has 0 radical (unpaired) electrons. The quantitative estimate of drug-likeness (QED) is 0.516. The van der Waals surface area contributed by atoms with Crippen molar-refractivity contribution in [2.24, 2.45) is 0 Å². The average molecular weight is 260 g/mol. The number of rotatable bonds is 4. The van der Waals surface area contributed by atoms with Gasteiger partial charge in [0, 0.05) is 24.3 Å². The van der Waals surface area contributed by atoms with Crippen LogP contribution >= 0.6 is 0 Å². The molecule has 0 amide bonds. The lowest BCUT2D eigenvalue weighted by Gasteiger charge is -1.89. The van der Waals surface area contributed by atoms with E-state index in [2.05, 4.69) is 9.47 Å². The molecule has 0 fully saturated rings. The Hall–Kier alpha value is -2.64. The van der Waals surface area contributed by atoms with Gasteiger partial charge in [0.25, 0.3) is 0 Å². The molecule has 0 saturated carbocycles. The van der Waals surface area contributed by atoms with Crippen molar-refractivity contribution in [1.29, 1.82) is 0 Å². The molecule has 0 spiro atoms. The number of methoxy groups -OCH3 is 2. The van der Waals surface area contributed by atoms with E-state index in [9.17, 15) is 19.2 Å². The molecule has 0 aliphatic carbocycles. The molecule has 8 nitrogen and oxygen atoms in total. The van der Waals surface area contributed by atoms with Gasteiger partial charge in [-0.3, -0.25) is 0 Å². The highest BCUT2D eigenvalue weighted by Gasteiger charge is 1.94. The molecule has 0 bridgehead atoms. The van der Waals surface area contributed by atoms with Crippen molar-refractivity contribution >= 4 is 23.9 Å². The highest BCUT2D eigenvalue weighted by molar-refractivity contribution is 5.91. The Morgan fingerprint density at radius 1 is 0.722 bits per heavy atom. The molecule has 2 N–H and O–H groups in total. The van der Waals surface area contributed by atoms with Crippen LogP contribution in [0.2, 0.25) is 0 Å². The fraction of sp³-hybridized carbons (Fsp3) is 0.200. The largest absolute Gasteiger partial charge is 0.478 e. The van der Waals surface area contributed by atoms with Crippen molar-refractivity contribution < 1.29 is 38.9 Å². The van der Waals surface area contributed by atoms with Crippen LogP contribution in [0.15, 0.2) is 24.3 Å². The van der Waals surface area contributed by atoms with Crippen molar-refractivity contribution in [1.82, 2.24) is 0 Å². The lowest BCUT2D eigenvalue weighted by molar-refractivity contribution is -0.137. The van der Waals surface area contributed by atoms with E-state index in [1.54, 1.807) is 0 Å². The van der Waals surface area contributed by atoms with Gasteiger partial charge in [-0.1, -0.05) is 0 Å². The second kappa shape index (κ2) is 10.9. The third kappa shape index (κ3) is 15.8. The predicted molar refractivity (Wildman–Crippen MR) is 57.6 cm³/mol. The van der Waals surface area contributed by atoms with Gasteiger partial charge in [-0.15, -0.1) is 0 Å². The van der Waals surface area contributed by atoms with Gasteiger partial charge in [0.2, 0.25) is 0 Å². The average Bonchev–Trinajstić information content (AvgIpc) is 2.33. The smallest absolute Gasteiger partial charge is 0.330 e. The van der Waals surface area contributed by atoms with Crippen molar-refractivity contribution in [3.63, 3.8) is 0 Å². The van der Waals surface area contributed by atoms with Crippen LogP contribution < -0.4 is 0 Å². The maximum Gasteiger partial charge on any atom is 0.330 e. The van der Waals surface area contributed by atoms with Crippen LogP contribution in [0.1, 0.15) is 0 Å². The van der Waals surface area contributed by atoms with Crippen LogP contribution in [-0.2, 0) is 28.7 Å². The molecular formula is C10H12O8. The number of aliphatic carboxylic acids is 2. The first kappa shape index (κ1) is 17.7. The summed E-state index contributed by atoms with van der Waals surface area (Å²) in [6, 6.07) is 0. The van der Waals surface area contributed by atoms with E-state index in [4.69, 9.17) is 10.2 Å². The van der Waals surface area contributed by atoms with Gasteiger partial charge in [-0.2, -0.15) is 0 Å². The Labute approximate surface area is 102 Å². The maximum absolute atomic E-state index is 10.3. The Kier molecular flexibility index (Phi) is 10.7. The summed E-state index contributed by atoms with van der Waals surface area (Å²) in [5.74, 6) is -3.67. The molecule has 0 atom stereocenters. The zero-order valence-electron chi connectivity index (χ0n) is 9.65. The van der Waals surface area contributed by atoms with Crippen molar-refractivity contribution in [2.75, 3.05) is 14.2 Å². The Bertz CT molecular complexity index is 332. The van der Waals surface area contributed by atoms with Gasteiger partial charge in [0.1, 0.15) is 0 Å². The van der Waals surface area contributed by atoms with E-state index in [1.165, 1.54) is 14.2 Å². The number of carbonyl (C=O) groups excluding carboxylic acids is 2. The van der Waals surface area contributed by atoms with Crippen molar-refractivity contribution in [3.8, 4) is 0 Å². The predicted octanol–water partition coefficient (Wildman–Crippen LogP) is -0.400. The van der Waals surface area contributed by atoms with Crippen LogP contribution in [0, 0.1) is 0 Å². The summed E-state index contributed by atoms with van der Waals surface area (Å²) < 4.78 is 8.42. The van der Waals surface area contributed by atoms with Gasteiger partial charge < -0.3 is 19.7 Å². The number of esters is 2. The van der Waals surface area contributed by atoms with Gasteiger partial charge in [-0.05, 0) is 0 Å². The van der Waals surface area contributed by atoms with Gasteiger partial charge in [0.05, 0.1) is 14.2 Å². The van der Waals surface area contributed by atoms with Crippen LogP contribution in [0.4, 0.5) is 0 Å². The van der Waals surface area contributed by atoms with Gasteiger partial charge in [-0.25, -0.2) is 19.2 Å². The van der Waals surface area contributed by atoms with Crippen molar-refractivity contribution in [3.05, 3.63) is 24.3 Å². The lowest BCUT2D eigenvalue weighted by Crippen LogP contribution is -1.98. The summed E-state index contributed by atoms with van der Waals surface area (Å²) in [5, 5.41) is 15.6. The van der Waals surface area contributed by atoms with Gasteiger partial charge in [0.15, 0.2) is 0 Å². The van der Waals surface area contributed by atoms with E-state index in [0.29, 0.717) is 12.2 Å². The summed E-state index contributed by atoms with van der Waals surface area (Å²) in [7, 11) is 2.45. The molecule has 8 heteroatoms. The summed E-state index contributed by atoms with van der Waals surface area (Å²) >= 11 is 0. The zero-order chi connectivity index (χ0) is 14.6. The van der Waals surface area contributed by atoms with E-state index in [0.717, 1.165) is 12.2 Å². The third-order valence-corrected chi connectivity index (χ3v) is 1.13. The van der Waals surface area contributed by atoms with E-state index < -0.39 is 23.9 Å². The summed E-state index contributed by atoms with van der Waals surface area (Å²) in [5.41, 5.74) is 0. The summed E-state index contributed by atoms with van der Waals surface area (Å²) in [6.45, 7) is 0. The topological polar surface area (TPSA) is 127 Å². The van der Waals surface area contributed by atoms with Crippen LogP contribution in [0.25, 0.3) is 0 Å². The summed E-state index contributed by atoms with van der Waals surface area (Å²) in [4.78, 5) is 39.7. The first-order chi connectivity index (χ1) is 8.33. The maximum atomic E-state index is 10.3. The molecule has 0 saturated heterocycles. The number of hydrogen-bond donors (Lipinski definition) is 2. The first-order valence-corrected chi connectivity index (χ1v) is 4.31. The van der Waals surface area contributed by atoms with E-state index in [-0.39, 0.29) is 0 Å². The number of ether oxygens (including phenoxy) is 2. The first-order valence-electron chi connectivity index (χ1n) is 4.31. The second-order valence-corrected chi connectivity index (χ2v) is 2.39. The molecule has 0 heterocycles. The van der Waals surface area contributed by atoms with Crippen LogP contribution in [-0.4, -0.2) is 48.3 Å². The van der Waals surface area contributed by atoms with Crippen LogP contribution in [0.5, 0.6) is 0 Å². The van der Waals surface area contributed by atoms with E-state index in [1.807, 2.05) is 0 Å². The van der Waals surface area contributed by atoms with Crippen LogP contribution in [0.3, 0.4) is 0 Å². The molecule has 100 valence electrons. The minimum atomic E-state index is -1.26. The highest BCUT2D eigenvalue weighted by atomic mass is 16.5. The highest BCUT2D eigenvalue weighted by Crippen LogP contribution is 1.80. The second-order valence-electron chi connectivity index (χ2n) is 2.39. The Balaban J connectivity index is 0. The third-order valence-electron chi connectivity index (χ3n) is 1.13. The number of carboxylic acid groups (broad SMARTS) is 2. The van der Waals surface area contributed by atoms with Crippen molar-refractivity contribution in [2.45, 2.75) is 0 Å². The number of hydrogen-bond acceptors (Lipinski definition) is 6. The minimum Gasteiger partial charge on any atom is -0.478 e. The number of carboxylic acids is 2. The lowest BCUT2D eigenvalue weighted by atomic mass is 10.5. The molecular weight excluding hydrogens is 248 g/mol. The van der Waals surface area contributed by atoms with Gasteiger partial charge >= 0.3 is 23.9 Å². The summed E-state index contributed by atoms with van der Waals surface area (Å²) in [6.07, 6.45) is 3.10. The minimum absolute atomic E-state index is 0.558. The molecule has 0 aromatic rings. The molecule has 0 rings (SSSR count). The molecule has 0 aliphatic rings. The standard InChI is InChI=1S/C6H8O4.C4H4O4/c1-9-5(7)3-4-6(8)10-2;5-3(6)1-2-4(7)8/h3-4H,1-2H3;1-2H,(H,5,6)(H,7,8)/b4-3+;2-1-. The molecule has 18 heavy (non-hydrogen) atoms. The fourth-order valence-electron chi connectivity index (χ4n) is 0.415. The monoisotopic (exact) mass is 260 g/mol. The number of carbonyl (C=O) groups is 4. The Morgan fingerprint density at radius 3 is 1.17 bits per heavy atom. The molecule has 0 aromatic heterocycles. The zero-order valence-corrected chi connectivity index (χ0v) is 9.65. The Morgan fingerprint density at radius 2 is 1.00 bits per heavy atom.